The summed E-state index contributed by atoms with van der Waals surface area (Å²) < 4.78 is 0. The maximum atomic E-state index is 5.88. The predicted molar refractivity (Wildman–Crippen MR) is 80.3 cm³/mol. The van der Waals surface area contributed by atoms with Crippen LogP contribution >= 0.6 is 12.4 Å². The fourth-order valence-corrected chi connectivity index (χ4v) is 2.84. The van der Waals surface area contributed by atoms with Crippen LogP contribution in [0.3, 0.4) is 0 Å². The molecule has 1 unspecified atom stereocenters. The van der Waals surface area contributed by atoms with E-state index in [9.17, 15) is 0 Å². The lowest BCUT2D eigenvalue weighted by molar-refractivity contribution is 0.144. The van der Waals surface area contributed by atoms with E-state index in [1.165, 1.54) is 42.5 Å². The van der Waals surface area contributed by atoms with Crippen LogP contribution in [0.2, 0.25) is 0 Å². The van der Waals surface area contributed by atoms with Gasteiger partial charge in [0.25, 0.3) is 0 Å². The minimum absolute atomic E-state index is 0. The fourth-order valence-electron chi connectivity index (χ4n) is 2.84. The van der Waals surface area contributed by atoms with Crippen molar-refractivity contribution in [2.24, 2.45) is 5.73 Å². The van der Waals surface area contributed by atoms with Gasteiger partial charge in [0.1, 0.15) is 0 Å². The van der Waals surface area contributed by atoms with Crippen LogP contribution in [0.25, 0.3) is 0 Å². The highest BCUT2D eigenvalue weighted by Gasteiger charge is 2.21. The monoisotopic (exact) mass is 268 g/mol. The molecule has 0 spiro atoms. The van der Waals surface area contributed by atoms with Crippen LogP contribution in [0.15, 0.2) is 18.2 Å². The Balaban J connectivity index is 0.00000162. The summed E-state index contributed by atoms with van der Waals surface area (Å²) in [5.41, 5.74) is 10.2. The molecule has 1 atom stereocenters. The third-order valence-electron chi connectivity index (χ3n) is 4.03. The van der Waals surface area contributed by atoms with E-state index in [1.54, 1.807) is 0 Å². The lowest BCUT2D eigenvalue weighted by atomic mass is 9.98. The van der Waals surface area contributed by atoms with Gasteiger partial charge >= 0.3 is 0 Å². The quantitative estimate of drug-likeness (QED) is 0.913. The molecular weight excluding hydrogens is 244 g/mol. The summed E-state index contributed by atoms with van der Waals surface area (Å²) in [6, 6.07) is 7.15. The van der Waals surface area contributed by atoms with Crippen molar-refractivity contribution < 1.29 is 0 Å². The molecule has 0 saturated carbocycles. The maximum absolute atomic E-state index is 5.88. The molecule has 102 valence electrons. The molecule has 1 aliphatic rings. The highest BCUT2D eigenvalue weighted by molar-refractivity contribution is 5.85. The number of hydrogen-bond donors (Lipinski definition) is 1. The fraction of sp³-hybridized carbons (Fsp3) is 0.600. The Labute approximate surface area is 117 Å². The van der Waals surface area contributed by atoms with Crippen molar-refractivity contribution in [3.63, 3.8) is 0 Å². The van der Waals surface area contributed by atoms with Crippen molar-refractivity contribution in [1.29, 1.82) is 0 Å². The van der Waals surface area contributed by atoms with Gasteiger partial charge in [-0.25, -0.2) is 0 Å². The molecule has 18 heavy (non-hydrogen) atoms. The smallest absolute Gasteiger partial charge is 0.0242 e. The Morgan fingerprint density at radius 1 is 1.22 bits per heavy atom. The first-order chi connectivity index (χ1) is 8.22. The van der Waals surface area contributed by atoms with E-state index < -0.39 is 0 Å². The van der Waals surface area contributed by atoms with Gasteiger partial charge in [0.05, 0.1) is 0 Å². The van der Waals surface area contributed by atoms with E-state index in [2.05, 4.69) is 36.9 Å². The van der Waals surface area contributed by atoms with E-state index in [0.29, 0.717) is 6.04 Å². The first-order valence-electron chi connectivity index (χ1n) is 6.71. The molecule has 1 heterocycles. The number of nitrogens with two attached hydrogens (primary N) is 1. The standard InChI is InChI=1S/C15H24N2.ClH/c1-12-6-5-7-13(2)15(12)11-17-9-4-3-8-14(17)10-16;/h5-7,14H,3-4,8-11,16H2,1-2H3;1H. The van der Waals surface area contributed by atoms with Crippen LogP contribution in [0.1, 0.15) is 36.0 Å². The summed E-state index contributed by atoms with van der Waals surface area (Å²) in [5, 5.41) is 0. The summed E-state index contributed by atoms with van der Waals surface area (Å²) in [6.45, 7) is 7.49. The highest BCUT2D eigenvalue weighted by atomic mass is 35.5. The summed E-state index contributed by atoms with van der Waals surface area (Å²) in [5.74, 6) is 0. The van der Waals surface area contributed by atoms with Crippen molar-refractivity contribution in [1.82, 2.24) is 4.90 Å². The van der Waals surface area contributed by atoms with Gasteiger partial charge in [-0.05, 0) is 49.9 Å². The number of aryl methyl sites for hydroxylation is 2. The van der Waals surface area contributed by atoms with E-state index in [1.807, 2.05) is 0 Å². The Kier molecular flexibility index (Phi) is 6.13. The molecule has 1 aromatic carbocycles. The van der Waals surface area contributed by atoms with Crippen molar-refractivity contribution in [3.05, 3.63) is 34.9 Å². The first kappa shape index (κ1) is 15.5. The second-order valence-electron chi connectivity index (χ2n) is 5.23. The maximum Gasteiger partial charge on any atom is 0.0242 e. The lowest BCUT2D eigenvalue weighted by Gasteiger charge is -2.35. The Morgan fingerprint density at radius 2 is 1.89 bits per heavy atom. The SMILES string of the molecule is Cc1cccc(C)c1CN1CCCCC1CN.Cl. The zero-order valence-corrected chi connectivity index (χ0v) is 12.3. The Hall–Kier alpha value is -0.570. The average molecular weight is 269 g/mol. The van der Waals surface area contributed by atoms with E-state index in [-0.39, 0.29) is 12.4 Å². The predicted octanol–water partition coefficient (Wildman–Crippen LogP) is 3.04. The molecule has 2 N–H and O–H groups in total. The van der Waals surface area contributed by atoms with E-state index in [0.717, 1.165) is 13.1 Å². The highest BCUT2D eigenvalue weighted by Crippen LogP contribution is 2.22. The van der Waals surface area contributed by atoms with Gasteiger partial charge in [0.15, 0.2) is 0 Å². The van der Waals surface area contributed by atoms with Crippen LogP contribution < -0.4 is 5.73 Å². The van der Waals surface area contributed by atoms with Gasteiger partial charge in [0, 0.05) is 19.1 Å². The van der Waals surface area contributed by atoms with E-state index >= 15 is 0 Å². The third-order valence-corrected chi connectivity index (χ3v) is 4.03. The summed E-state index contributed by atoms with van der Waals surface area (Å²) in [4.78, 5) is 2.57. The third kappa shape index (κ3) is 3.47. The number of likely N-dealkylation sites (tertiary alicyclic amines) is 1. The van der Waals surface area contributed by atoms with Crippen LogP contribution in [-0.4, -0.2) is 24.0 Å². The normalized spacial score (nSPS) is 20.5. The van der Waals surface area contributed by atoms with Crippen molar-refractivity contribution in [2.75, 3.05) is 13.1 Å². The molecule has 2 rings (SSSR count). The summed E-state index contributed by atoms with van der Waals surface area (Å²) >= 11 is 0. The molecule has 0 aliphatic carbocycles. The molecule has 0 bridgehead atoms. The van der Waals surface area contributed by atoms with Crippen LogP contribution in [0.5, 0.6) is 0 Å². The molecule has 0 radical (unpaired) electrons. The second kappa shape index (κ2) is 7.13. The van der Waals surface area contributed by atoms with Crippen molar-refractivity contribution in [3.8, 4) is 0 Å². The van der Waals surface area contributed by atoms with Gasteiger partial charge in [-0.1, -0.05) is 24.6 Å². The Bertz CT molecular complexity index is 359. The molecular formula is C15H25ClN2. The number of hydrogen-bond acceptors (Lipinski definition) is 2. The molecule has 2 nitrogen and oxygen atoms in total. The Morgan fingerprint density at radius 3 is 2.50 bits per heavy atom. The summed E-state index contributed by atoms with van der Waals surface area (Å²) in [7, 11) is 0. The van der Waals surface area contributed by atoms with Crippen LogP contribution in [-0.2, 0) is 6.54 Å². The average Bonchev–Trinajstić information content (AvgIpc) is 2.34. The number of benzene rings is 1. The molecule has 3 heteroatoms. The minimum Gasteiger partial charge on any atom is -0.329 e. The second-order valence-corrected chi connectivity index (χ2v) is 5.23. The number of halogens is 1. The molecule has 1 saturated heterocycles. The lowest BCUT2D eigenvalue weighted by Crippen LogP contribution is -2.43. The van der Waals surface area contributed by atoms with E-state index in [4.69, 9.17) is 5.73 Å². The van der Waals surface area contributed by atoms with Crippen LogP contribution in [0.4, 0.5) is 0 Å². The molecule has 0 aromatic heterocycles. The molecule has 1 aromatic rings. The van der Waals surface area contributed by atoms with Crippen molar-refractivity contribution in [2.45, 2.75) is 45.7 Å². The summed E-state index contributed by atoms with van der Waals surface area (Å²) in [6.07, 6.45) is 3.92. The first-order valence-corrected chi connectivity index (χ1v) is 6.71. The zero-order chi connectivity index (χ0) is 12.3. The molecule has 1 aliphatic heterocycles. The number of piperidine rings is 1. The minimum atomic E-state index is 0. The largest absolute Gasteiger partial charge is 0.329 e. The molecule has 0 amide bonds. The van der Waals surface area contributed by atoms with Gasteiger partial charge in [-0.3, -0.25) is 4.90 Å². The van der Waals surface area contributed by atoms with Gasteiger partial charge in [-0.2, -0.15) is 0 Å². The number of rotatable bonds is 3. The van der Waals surface area contributed by atoms with Gasteiger partial charge in [-0.15, -0.1) is 12.4 Å². The van der Waals surface area contributed by atoms with Crippen LogP contribution in [0, 0.1) is 13.8 Å². The molecule has 1 fully saturated rings. The van der Waals surface area contributed by atoms with Gasteiger partial charge < -0.3 is 5.73 Å². The van der Waals surface area contributed by atoms with Gasteiger partial charge in [0.2, 0.25) is 0 Å². The van der Waals surface area contributed by atoms with Crippen molar-refractivity contribution >= 4 is 12.4 Å². The topological polar surface area (TPSA) is 29.3 Å². The zero-order valence-electron chi connectivity index (χ0n) is 11.5. The number of nitrogens with zero attached hydrogens (tertiary/aromatic N) is 1.